The molecule has 3 aromatic carbocycles. The number of fused-ring (bicyclic) bond motifs is 1. The van der Waals surface area contributed by atoms with E-state index in [9.17, 15) is 4.79 Å². The SMILES string of the molecule is CCc1cc2c(OC(CCc3ccccc3)C(=O)OC)cccc2n1Cc1ccccc1. The number of methoxy groups -OCH3 is 1. The number of rotatable bonds is 9. The van der Waals surface area contributed by atoms with Crippen LogP contribution >= 0.6 is 0 Å². The van der Waals surface area contributed by atoms with Crippen LogP contribution in [0.25, 0.3) is 10.9 Å². The minimum atomic E-state index is -0.659. The fourth-order valence-corrected chi connectivity index (χ4v) is 4.11. The molecule has 0 amide bonds. The van der Waals surface area contributed by atoms with Gasteiger partial charge in [0.1, 0.15) is 5.75 Å². The van der Waals surface area contributed by atoms with Crippen LogP contribution in [0.3, 0.4) is 0 Å². The van der Waals surface area contributed by atoms with E-state index >= 15 is 0 Å². The predicted octanol–water partition coefficient (Wildman–Crippen LogP) is 5.81. The van der Waals surface area contributed by atoms with Gasteiger partial charge >= 0.3 is 5.97 Å². The first kappa shape index (κ1) is 21.7. The van der Waals surface area contributed by atoms with E-state index in [0.29, 0.717) is 12.2 Å². The van der Waals surface area contributed by atoms with Gasteiger partial charge in [-0.2, -0.15) is 0 Å². The molecular weight excluding hydrogens is 398 g/mol. The normalized spacial score (nSPS) is 11.9. The quantitative estimate of drug-likeness (QED) is 0.317. The van der Waals surface area contributed by atoms with Crippen molar-refractivity contribution < 1.29 is 14.3 Å². The maximum Gasteiger partial charge on any atom is 0.347 e. The van der Waals surface area contributed by atoms with Crippen molar-refractivity contribution in [1.29, 1.82) is 0 Å². The maximum absolute atomic E-state index is 12.5. The van der Waals surface area contributed by atoms with Gasteiger partial charge in [0, 0.05) is 17.6 Å². The summed E-state index contributed by atoms with van der Waals surface area (Å²) in [5, 5.41) is 1.02. The smallest absolute Gasteiger partial charge is 0.347 e. The van der Waals surface area contributed by atoms with Crippen molar-refractivity contribution in [2.45, 2.75) is 38.8 Å². The summed E-state index contributed by atoms with van der Waals surface area (Å²) in [7, 11) is 1.41. The molecule has 0 radical (unpaired) electrons. The summed E-state index contributed by atoms with van der Waals surface area (Å²) >= 11 is 0. The molecule has 1 heterocycles. The van der Waals surface area contributed by atoms with E-state index in [1.807, 2.05) is 36.4 Å². The second kappa shape index (κ2) is 10.2. The molecule has 0 spiro atoms. The summed E-state index contributed by atoms with van der Waals surface area (Å²) in [5.41, 5.74) is 4.76. The van der Waals surface area contributed by atoms with E-state index in [1.54, 1.807) is 0 Å². The standard InChI is InChI=1S/C28H29NO3/c1-3-23-19-24-25(29(23)20-22-13-8-5-9-14-22)15-10-16-26(24)32-27(28(30)31-2)18-17-21-11-6-4-7-12-21/h4-16,19,27H,3,17-18,20H2,1-2H3. The van der Waals surface area contributed by atoms with Crippen molar-refractivity contribution in [3.05, 3.63) is 102 Å². The van der Waals surface area contributed by atoms with Gasteiger partial charge in [-0.3, -0.25) is 0 Å². The lowest BCUT2D eigenvalue weighted by Crippen LogP contribution is -2.29. The number of esters is 1. The largest absolute Gasteiger partial charge is 0.478 e. The van der Waals surface area contributed by atoms with Gasteiger partial charge in [-0.1, -0.05) is 73.7 Å². The van der Waals surface area contributed by atoms with Gasteiger partial charge in [0.15, 0.2) is 6.10 Å². The highest BCUT2D eigenvalue weighted by molar-refractivity contribution is 5.88. The molecule has 0 aliphatic carbocycles. The minimum Gasteiger partial charge on any atom is -0.478 e. The minimum absolute atomic E-state index is 0.350. The zero-order chi connectivity index (χ0) is 22.3. The fraction of sp³-hybridized carbons (Fsp3) is 0.250. The molecule has 0 aliphatic heterocycles. The van der Waals surface area contributed by atoms with Gasteiger partial charge in [0.2, 0.25) is 0 Å². The van der Waals surface area contributed by atoms with E-state index < -0.39 is 6.10 Å². The molecule has 164 valence electrons. The summed E-state index contributed by atoms with van der Waals surface area (Å²) in [5.74, 6) is 0.366. The van der Waals surface area contributed by atoms with E-state index in [-0.39, 0.29) is 5.97 Å². The average Bonchev–Trinajstić information content (AvgIpc) is 3.20. The molecule has 0 saturated heterocycles. The molecule has 0 bridgehead atoms. The van der Waals surface area contributed by atoms with Gasteiger partial charge in [-0.15, -0.1) is 0 Å². The highest BCUT2D eigenvalue weighted by Crippen LogP contribution is 2.31. The Morgan fingerprint density at radius 1 is 0.906 bits per heavy atom. The topological polar surface area (TPSA) is 40.5 Å². The summed E-state index contributed by atoms with van der Waals surface area (Å²) < 4.78 is 13.7. The molecule has 1 unspecified atom stereocenters. The first-order valence-corrected chi connectivity index (χ1v) is 11.1. The van der Waals surface area contributed by atoms with Crippen molar-refractivity contribution in [2.75, 3.05) is 7.11 Å². The van der Waals surface area contributed by atoms with Crippen LogP contribution in [-0.4, -0.2) is 23.8 Å². The molecule has 1 atom stereocenters. The lowest BCUT2D eigenvalue weighted by atomic mass is 10.1. The number of aromatic nitrogens is 1. The Morgan fingerprint density at radius 2 is 1.59 bits per heavy atom. The van der Waals surface area contributed by atoms with Crippen LogP contribution in [0.2, 0.25) is 0 Å². The molecule has 4 rings (SSSR count). The highest BCUT2D eigenvalue weighted by atomic mass is 16.6. The molecule has 0 saturated carbocycles. The van der Waals surface area contributed by atoms with Gasteiger partial charge in [-0.05, 0) is 48.6 Å². The van der Waals surface area contributed by atoms with Crippen LogP contribution in [0, 0.1) is 0 Å². The Hall–Kier alpha value is -3.53. The molecule has 0 fully saturated rings. The van der Waals surface area contributed by atoms with Gasteiger partial charge in [0.25, 0.3) is 0 Å². The van der Waals surface area contributed by atoms with Crippen LogP contribution in [-0.2, 0) is 28.9 Å². The first-order chi connectivity index (χ1) is 15.7. The maximum atomic E-state index is 12.5. The van der Waals surface area contributed by atoms with Crippen molar-refractivity contribution in [1.82, 2.24) is 4.57 Å². The number of hydrogen-bond donors (Lipinski definition) is 0. The van der Waals surface area contributed by atoms with Gasteiger partial charge in [-0.25, -0.2) is 4.79 Å². The monoisotopic (exact) mass is 427 g/mol. The number of carbonyl (C=O) groups is 1. The van der Waals surface area contributed by atoms with Crippen LogP contribution in [0.4, 0.5) is 0 Å². The van der Waals surface area contributed by atoms with Crippen LogP contribution in [0.15, 0.2) is 84.9 Å². The van der Waals surface area contributed by atoms with Crippen molar-refractivity contribution in [2.24, 2.45) is 0 Å². The van der Waals surface area contributed by atoms with Crippen LogP contribution in [0.1, 0.15) is 30.2 Å². The predicted molar refractivity (Wildman–Crippen MR) is 128 cm³/mol. The lowest BCUT2D eigenvalue weighted by molar-refractivity contribution is -0.149. The Morgan fingerprint density at radius 3 is 2.25 bits per heavy atom. The van der Waals surface area contributed by atoms with Crippen molar-refractivity contribution in [3.63, 3.8) is 0 Å². The number of carbonyl (C=O) groups excluding carboxylic acids is 1. The summed E-state index contributed by atoms with van der Waals surface area (Å²) in [6.45, 7) is 2.96. The molecule has 4 aromatic rings. The zero-order valence-electron chi connectivity index (χ0n) is 18.7. The van der Waals surface area contributed by atoms with Crippen LogP contribution in [0.5, 0.6) is 5.75 Å². The number of benzene rings is 3. The number of aryl methyl sites for hydroxylation is 2. The number of ether oxygens (including phenoxy) is 2. The summed E-state index contributed by atoms with van der Waals surface area (Å²) in [4.78, 5) is 12.5. The van der Waals surface area contributed by atoms with E-state index in [0.717, 1.165) is 30.3 Å². The van der Waals surface area contributed by atoms with Crippen LogP contribution < -0.4 is 4.74 Å². The highest BCUT2D eigenvalue weighted by Gasteiger charge is 2.23. The zero-order valence-corrected chi connectivity index (χ0v) is 18.7. The Labute approximate surface area is 189 Å². The Balaban J connectivity index is 1.63. The number of nitrogens with zero attached hydrogens (tertiary/aromatic N) is 1. The molecule has 1 aromatic heterocycles. The third-order valence-corrected chi connectivity index (χ3v) is 5.81. The van der Waals surface area contributed by atoms with Crippen molar-refractivity contribution >= 4 is 16.9 Å². The molecule has 0 N–H and O–H groups in total. The van der Waals surface area contributed by atoms with E-state index in [1.165, 1.54) is 23.9 Å². The average molecular weight is 428 g/mol. The molecule has 4 heteroatoms. The van der Waals surface area contributed by atoms with Crippen molar-refractivity contribution in [3.8, 4) is 5.75 Å². The third kappa shape index (κ3) is 4.86. The Kier molecular flexibility index (Phi) is 6.90. The third-order valence-electron chi connectivity index (χ3n) is 5.81. The van der Waals surface area contributed by atoms with Gasteiger partial charge < -0.3 is 14.0 Å². The molecule has 32 heavy (non-hydrogen) atoms. The first-order valence-electron chi connectivity index (χ1n) is 11.1. The second-order valence-corrected chi connectivity index (χ2v) is 7.90. The molecule has 4 nitrogen and oxygen atoms in total. The summed E-state index contributed by atoms with van der Waals surface area (Å²) in [6.07, 6.45) is 1.55. The molecular formula is C28H29NO3. The fourth-order valence-electron chi connectivity index (χ4n) is 4.11. The van der Waals surface area contributed by atoms with E-state index in [2.05, 4.69) is 60.0 Å². The van der Waals surface area contributed by atoms with E-state index in [4.69, 9.17) is 9.47 Å². The van der Waals surface area contributed by atoms with Gasteiger partial charge in [0.05, 0.1) is 12.6 Å². The number of hydrogen-bond acceptors (Lipinski definition) is 3. The second-order valence-electron chi connectivity index (χ2n) is 7.90. The summed E-state index contributed by atoms with van der Waals surface area (Å²) in [6, 6.07) is 28.8. The lowest BCUT2D eigenvalue weighted by Gasteiger charge is -2.18. The Bertz CT molecular complexity index is 1170. The molecule has 0 aliphatic rings.